The van der Waals surface area contributed by atoms with E-state index in [1.807, 2.05) is 4.90 Å². The zero-order valence-corrected chi connectivity index (χ0v) is 20.1. The average Bonchev–Trinajstić information content (AvgIpc) is 3.42. The van der Waals surface area contributed by atoms with Crippen LogP contribution in [0.4, 0.5) is 14.6 Å². The largest absolute Gasteiger partial charge is 0.507 e. The molecule has 0 spiro atoms. The molecule has 1 amide bonds. The summed E-state index contributed by atoms with van der Waals surface area (Å²) in [7, 11) is 0. The summed E-state index contributed by atoms with van der Waals surface area (Å²) in [5, 5.41) is 10.4. The van der Waals surface area contributed by atoms with Crippen LogP contribution < -0.4 is 9.64 Å². The molecule has 12 heteroatoms. The number of amides is 1. The quantitative estimate of drug-likeness (QED) is 0.369. The second-order valence-corrected chi connectivity index (χ2v) is 8.55. The van der Waals surface area contributed by atoms with E-state index in [0.717, 1.165) is 6.07 Å². The number of oxazole rings is 1. The van der Waals surface area contributed by atoms with Crippen LogP contribution >= 0.6 is 11.6 Å². The maximum atomic E-state index is 16.0. The molecule has 3 heterocycles. The minimum atomic E-state index is -0.951. The van der Waals surface area contributed by atoms with Crippen LogP contribution in [0, 0.1) is 11.6 Å². The highest BCUT2D eigenvalue weighted by atomic mass is 35.5. The summed E-state index contributed by atoms with van der Waals surface area (Å²) in [4.78, 5) is 28.2. The second-order valence-electron chi connectivity index (χ2n) is 8.14. The first-order valence-corrected chi connectivity index (χ1v) is 11.6. The molecule has 0 saturated carbocycles. The zero-order chi connectivity index (χ0) is 26.1. The van der Waals surface area contributed by atoms with Crippen LogP contribution in [0.5, 0.6) is 11.8 Å². The summed E-state index contributed by atoms with van der Waals surface area (Å²) < 4.78 is 41.5. The fraction of sp³-hybridized carbons (Fsp3) is 0.200. The van der Waals surface area contributed by atoms with Gasteiger partial charge in [-0.15, -0.1) is 0 Å². The molecule has 2 aromatic heterocycles. The fourth-order valence-electron chi connectivity index (χ4n) is 4.17. The van der Waals surface area contributed by atoms with Crippen LogP contribution in [0.25, 0.3) is 22.0 Å². The van der Waals surface area contributed by atoms with E-state index in [1.165, 1.54) is 36.7 Å². The standard InChI is InChI=1S/C25H20ClF2N5O4/c1-2-19(35)32-7-9-33(10-8-32)24-14-12-15(26)20(21-16(27)4-3-5-17(21)34)22(28)23(14)30-25(31-24)37-13-18-29-6-11-36-18/h2-6,11-12,34H,1,7-10,13H2. The van der Waals surface area contributed by atoms with Crippen LogP contribution in [0.2, 0.25) is 5.02 Å². The molecule has 0 atom stereocenters. The van der Waals surface area contributed by atoms with Gasteiger partial charge in [0.15, 0.2) is 12.4 Å². The second kappa shape index (κ2) is 10.0. The topological polar surface area (TPSA) is 105 Å². The van der Waals surface area contributed by atoms with Crippen molar-refractivity contribution in [3.8, 4) is 22.9 Å². The van der Waals surface area contributed by atoms with Crippen LogP contribution in [0.3, 0.4) is 0 Å². The van der Waals surface area contributed by atoms with Crippen molar-refractivity contribution >= 4 is 34.2 Å². The molecule has 1 saturated heterocycles. The number of benzene rings is 2. The third-order valence-electron chi connectivity index (χ3n) is 5.96. The van der Waals surface area contributed by atoms with E-state index in [1.54, 1.807) is 4.90 Å². The smallest absolute Gasteiger partial charge is 0.319 e. The fourth-order valence-corrected chi connectivity index (χ4v) is 4.46. The van der Waals surface area contributed by atoms with E-state index in [0.29, 0.717) is 32.0 Å². The van der Waals surface area contributed by atoms with Crippen molar-refractivity contribution in [2.45, 2.75) is 6.61 Å². The van der Waals surface area contributed by atoms with Crippen molar-refractivity contribution in [2.24, 2.45) is 0 Å². The van der Waals surface area contributed by atoms with Gasteiger partial charge in [-0.2, -0.15) is 9.97 Å². The summed E-state index contributed by atoms with van der Waals surface area (Å²) in [5.74, 6) is -1.88. The highest BCUT2D eigenvalue weighted by Gasteiger charge is 2.27. The van der Waals surface area contributed by atoms with Gasteiger partial charge in [-0.05, 0) is 24.3 Å². The number of halogens is 3. The molecule has 9 nitrogen and oxygen atoms in total. The Kier molecular flexibility index (Phi) is 6.62. The summed E-state index contributed by atoms with van der Waals surface area (Å²) in [6.45, 7) is 4.96. The lowest BCUT2D eigenvalue weighted by Gasteiger charge is -2.35. The van der Waals surface area contributed by atoms with Crippen molar-refractivity contribution < 1.29 is 27.8 Å². The molecule has 0 bridgehead atoms. The van der Waals surface area contributed by atoms with Gasteiger partial charge in [0.25, 0.3) is 0 Å². The van der Waals surface area contributed by atoms with E-state index >= 15 is 4.39 Å². The maximum absolute atomic E-state index is 16.0. The highest BCUT2D eigenvalue weighted by Crippen LogP contribution is 2.42. The summed E-state index contributed by atoms with van der Waals surface area (Å²) in [6, 6.07) is 4.88. The van der Waals surface area contributed by atoms with Crippen LogP contribution in [-0.4, -0.2) is 57.0 Å². The van der Waals surface area contributed by atoms with Gasteiger partial charge in [-0.1, -0.05) is 24.2 Å². The van der Waals surface area contributed by atoms with Gasteiger partial charge >= 0.3 is 6.01 Å². The minimum absolute atomic E-state index is 0.115. The number of phenols is 1. The number of nitrogens with zero attached hydrogens (tertiary/aromatic N) is 5. The first kappa shape index (κ1) is 24.4. The Balaban J connectivity index is 1.63. The lowest BCUT2D eigenvalue weighted by molar-refractivity contribution is -0.126. The summed E-state index contributed by atoms with van der Waals surface area (Å²) >= 11 is 6.44. The first-order chi connectivity index (χ1) is 17.9. The Labute approximate surface area is 214 Å². The molecule has 0 radical (unpaired) electrons. The Morgan fingerprint density at radius 2 is 2.00 bits per heavy atom. The number of phenolic OH excluding ortho intramolecular Hbond substituents is 1. The van der Waals surface area contributed by atoms with E-state index < -0.39 is 17.4 Å². The Bertz CT molecular complexity index is 1470. The molecule has 5 rings (SSSR count). The van der Waals surface area contributed by atoms with E-state index in [9.17, 15) is 14.3 Å². The van der Waals surface area contributed by atoms with Crippen LogP contribution in [0.15, 0.2) is 53.8 Å². The minimum Gasteiger partial charge on any atom is -0.507 e. The van der Waals surface area contributed by atoms with Crippen molar-refractivity contribution in [1.29, 1.82) is 0 Å². The lowest BCUT2D eigenvalue weighted by atomic mass is 10.0. The number of ether oxygens (including phenoxy) is 1. The first-order valence-electron chi connectivity index (χ1n) is 11.2. The number of rotatable bonds is 6. The molecule has 1 fully saturated rings. The summed E-state index contributed by atoms with van der Waals surface area (Å²) in [5.41, 5.74) is -0.903. The molecular formula is C25H20ClF2N5O4. The zero-order valence-electron chi connectivity index (χ0n) is 19.3. The number of fused-ring (bicyclic) bond motifs is 1. The van der Waals surface area contributed by atoms with E-state index in [-0.39, 0.29) is 51.5 Å². The molecule has 37 heavy (non-hydrogen) atoms. The van der Waals surface area contributed by atoms with E-state index in [4.69, 9.17) is 20.8 Å². The molecule has 4 aromatic rings. The van der Waals surface area contributed by atoms with Gasteiger partial charge in [-0.3, -0.25) is 4.79 Å². The van der Waals surface area contributed by atoms with Crippen LogP contribution in [0.1, 0.15) is 5.89 Å². The Morgan fingerprint density at radius 1 is 1.22 bits per heavy atom. The molecular weight excluding hydrogens is 508 g/mol. The molecule has 1 N–H and O–H groups in total. The molecule has 0 unspecified atom stereocenters. The molecule has 2 aromatic carbocycles. The number of hydrogen-bond donors (Lipinski definition) is 1. The third-order valence-corrected chi connectivity index (χ3v) is 6.26. The van der Waals surface area contributed by atoms with Crippen molar-refractivity contribution in [3.05, 3.63) is 71.9 Å². The number of anilines is 1. The number of hydrogen-bond acceptors (Lipinski definition) is 8. The number of piperazine rings is 1. The number of aromatic hydroxyl groups is 1. The molecule has 1 aliphatic rings. The third kappa shape index (κ3) is 4.65. The maximum Gasteiger partial charge on any atom is 0.319 e. The molecule has 190 valence electrons. The lowest BCUT2D eigenvalue weighted by Crippen LogP contribution is -2.48. The Morgan fingerprint density at radius 3 is 2.68 bits per heavy atom. The predicted octanol–water partition coefficient (Wildman–Crippen LogP) is 4.34. The van der Waals surface area contributed by atoms with Crippen molar-refractivity contribution in [1.82, 2.24) is 19.9 Å². The van der Waals surface area contributed by atoms with Gasteiger partial charge in [-0.25, -0.2) is 13.8 Å². The highest BCUT2D eigenvalue weighted by molar-refractivity contribution is 6.34. The van der Waals surface area contributed by atoms with Gasteiger partial charge in [0.2, 0.25) is 11.8 Å². The molecule has 1 aliphatic heterocycles. The van der Waals surface area contributed by atoms with Gasteiger partial charge in [0.05, 0.1) is 16.8 Å². The van der Waals surface area contributed by atoms with Crippen molar-refractivity contribution in [3.63, 3.8) is 0 Å². The van der Waals surface area contributed by atoms with Gasteiger partial charge < -0.3 is 24.1 Å². The number of carbonyl (C=O) groups excluding carboxylic acids is 1. The Hall–Kier alpha value is -4.25. The molecule has 0 aliphatic carbocycles. The number of aromatic nitrogens is 3. The SMILES string of the molecule is C=CC(=O)N1CCN(c2nc(OCc3ncco3)nc3c(F)c(-c4c(O)cccc4F)c(Cl)cc23)CC1. The summed E-state index contributed by atoms with van der Waals surface area (Å²) in [6.07, 6.45) is 4.08. The van der Waals surface area contributed by atoms with Crippen LogP contribution in [-0.2, 0) is 11.4 Å². The van der Waals surface area contributed by atoms with Gasteiger partial charge in [0, 0.05) is 37.1 Å². The van der Waals surface area contributed by atoms with E-state index in [2.05, 4.69) is 21.5 Å². The number of carbonyl (C=O) groups is 1. The van der Waals surface area contributed by atoms with Crippen molar-refractivity contribution in [2.75, 3.05) is 31.1 Å². The van der Waals surface area contributed by atoms with Gasteiger partial charge in [0.1, 0.15) is 29.2 Å². The average molecular weight is 528 g/mol. The monoisotopic (exact) mass is 527 g/mol. The predicted molar refractivity (Wildman–Crippen MR) is 131 cm³/mol. The normalized spacial score (nSPS) is 13.7.